The Morgan fingerprint density at radius 3 is 2.46 bits per heavy atom. The van der Waals surface area contributed by atoms with Crippen molar-refractivity contribution >= 4 is 28.2 Å². The standard InChI is InChI=1S/C29H34N6/c1-4-34(5-2)22-15-13-21(14-16-22)26-18-25(27-28(30)31-19-32-29(27)33-26)24-12-9-17-35(20(24)3)23-10-7-6-8-11-23/h6-8,10-11,13-16,18-20,24H,4-5,9,12,17H2,1-3H3,(H2,30,31,32,33). The fourth-order valence-corrected chi connectivity index (χ4v) is 5.53. The highest BCUT2D eigenvalue weighted by Gasteiger charge is 2.31. The van der Waals surface area contributed by atoms with E-state index in [1.165, 1.54) is 23.3 Å². The van der Waals surface area contributed by atoms with E-state index < -0.39 is 0 Å². The quantitative estimate of drug-likeness (QED) is 0.382. The third-order valence-corrected chi connectivity index (χ3v) is 7.43. The number of pyridine rings is 1. The van der Waals surface area contributed by atoms with Crippen molar-refractivity contribution < 1.29 is 0 Å². The van der Waals surface area contributed by atoms with Crippen LogP contribution in [0.2, 0.25) is 0 Å². The van der Waals surface area contributed by atoms with Crippen LogP contribution in [-0.4, -0.2) is 40.6 Å². The largest absolute Gasteiger partial charge is 0.383 e. The van der Waals surface area contributed by atoms with Gasteiger partial charge >= 0.3 is 0 Å². The lowest BCUT2D eigenvalue weighted by atomic mass is 9.82. The molecule has 180 valence electrons. The molecular weight excluding hydrogens is 432 g/mol. The van der Waals surface area contributed by atoms with E-state index in [1.54, 1.807) is 0 Å². The minimum Gasteiger partial charge on any atom is -0.383 e. The molecule has 2 atom stereocenters. The number of anilines is 3. The molecule has 4 aromatic rings. The van der Waals surface area contributed by atoms with E-state index in [2.05, 4.69) is 101 Å². The molecule has 2 unspecified atom stereocenters. The van der Waals surface area contributed by atoms with Gasteiger partial charge in [0, 0.05) is 48.5 Å². The van der Waals surface area contributed by atoms with Gasteiger partial charge in [0.2, 0.25) is 0 Å². The summed E-state index contributed by atoms with van der Waals surface area (Å²) in [6.45, 7) is 9.72. The van der Waals surface area contributed by atoms with Gasteiger partial charge in [0.25, 0.3) is 0 Å². The second-order valence-electron chi connectivity index (χ2n) is 9.29. The van der Waals surface area contributed by atoms with E-state index in [1.807, 2.05) is 0 Å². The summed E-state index contributed by atoms with van der Waals surface area (Å²) in [6, 6.07) is 21.9. The van der Waals surface area contributed by atoms with Crippen LogP contribution in [0.4, 0.5) is 17.2 Å². The number of para-hydroxylation sites is 1. The van der Waals surface area contributed by atoms with Crippen molar-refractivity contribution in [3.05, 3.63) is 72.6 Å². The monoisotopic (exact) mass is 466 g/mol. The molecule has 0 amide bonds. The number of piperidine rings is 1. The molecule has 5 rings (SSSR count). The van der Waals surface area contributed by atoms with Crippen LogP contribution in [0.1, 0.15) is 45.1 Å². The molecule has 1 saturated heterocycles. The summed E-state index contributed by atoms with van der Waals surface area (Å²) in [7, 11) is 0. The van der Waals surface area contributed by atoms with Crippen LogP contribution in [0.25, 0.3) is 22.3 Å². The Labute approximate surface area is 207 Å². The molecule has 0 bridgehead atoms. The molecule has 3 heterocycles. The zero-order chi connectivity index (χ0) is 24.4. The summed E-state index contributed by atoms with van der Waals surface area (Å²) in [4.78, 5) is 18.6. The van der Waals surface area contributed by atoms with Crippen molar-refractivity contribution in [1.82, 2.24) is 15.0 Å². The van der Waals surface area contributed by atoms with Crippen molar-refractivity contribution in [2.24, 2.45) is 0 Å². The van der Waals surface area contributed by atoms with Crippen LogP contribution >= 0.6 is 0 Å². The summed E-state index contributed by atoms with van der Waals surface area (Å²) in [5, 5.41) is 0.891. The Kier molecular flexibility index (Phi) is 6.53. The first-order valence-corrected chi connectivity index (χ1v) is 12.7. The lowest BCUT2D eigenvalue weighted by Gasteiger charge is -2.41. The molecule has 0 saturated carbocycles. The topological polar surface area (TPSA) is 71.2 Å². The Morgan fingerprint density at radius 1 is 1.00 bits per heavy atom. The molecule has 1 fully saturated rings. The van der Waals surface area contributed by atoms with Crippen molar-refractivity contribution in [3.63, 3.8) is 0 Å². The lowest BCUT2D eigenvalue weighted by molar-refractivity contribution is 0.424. The fourth-order valence-electron chi connectivity index (χ4n) is 5.53. The Bertz CT molecular complexity index is 1280. The fraction of sp³-hybridized carbons (Fsp3) is 0.345. The first-order chi connectivity index (χ1) is 17.1. The van der Waals surface area contributed by atoms with Gasteiger partial charge in [-0.3, -0.25) is 0 Å². The molecule has 6 heteroatoms. The number of benzene rings is 2. The van der Waals surface area contributed by atoms with Gasteiger partial charge in [-0.2, -0.15) is 0 Å². The first-order valence-electron chi connectivity index (χ1n) is 12.7. The van der Waals surface area contributed by atoms with E-state index in [-0.39, 0.29) is 0 Å². The highest BCUT2D eigenvalue weighted by atomic mass is 15.2. The lowest BCUT2D eigenvalue weighted by Crippen LogP contribution is -2.42. The van der Waals surface area contributed by atoms with Gasteiger partial charge in [-0.1, -0.05) is 30.3 Å². The second kappa shape index (κ2) is 9.90. The van der Waals surface area contributed by atoms with Gasteiger partial charge in [-0.25, -0.2) is 15.0 Å². The van der Waals surface area contributed by atoms with Crippen molar-refractivity contribution in [2.45, 2.75) is 45.6 Å². The normalized spacial score (nSPS) is 18.1. The smallest absolute Gasteiger partial charge is 0.165 e. The number of nitrogens with zero attached hydrogens (tertiary/aromatic N) is 5. The third kappa shape index (κ3) is 4.41. The summed E-state index contributed by atoms with van der Waals surface area (Å²) >= 11 is 0. The minimum atomic E-state index is 0.302. The van der Waals surface area contributed by atoms with Gasteiger partial charge in [-0.05, 0) is 69.5 Å². The van der Waals surface area contributed by atoms with Crippen molar-refractivity contribution in [3.8, 4) is 11.3 Å². The van der Waals surface area contributed by atoms with Crippen LogP contribution in [0.3, 0.4) is 0 Å². The molecule has 6 nitrogen and oxygen atoms in total. The molecule has 1 aliphatic heterocycles. The molecule has 35 heavy (non-hydrogen) atoms. The van der Waals surface area contributed by atoms with Crippen LogP contribution in [0.5, 0.6) is 0 Å². The van der Waals surface area contributed by atoms with Crippen LogP contribution < -0.4 is 15.5 Å². The van der Waals surface area contributed by atoms with Crippen molar-refractivity contribution in [1.29, 1.82) is 0 Å². The molecule has 1 aliphatic rings. The molecule has 2 N–H and O–H groups in total. The Morgan fingerprint density at radius 2 is 1.74 bits per heavy atom. The molecule has 2 aromatic heterocycles. The van der Waals surface area contributed by atoms with E-state index >= 15 is 0 Å². The first kappa shape index (κ1) is 23.1. The SMILES string of the molecule is CCN(CC)c1ccc(-c2cc(C3CCCN(c4ccccc4)C3C)c3c(N)ncnc3n2)cc1. The van der Waals surface area contributed by atoms with Gasteiger partial charge in [0.05, 0.1) is 11.1 Å². The van der Waals surface area contributed by atoms with Crippen LogP contribution in [-0.2, 0) is 0 Å². The molecule has 0 spiro atoms. The van der Waals surface area contributed by atoms with Gasteiger partial charge in [0.1, 0.15) is 12.1 Å². The number of hydrogen-bond acceptors (Lipinski definition) is 6. The molecule has 0 aliphatic carbocycles. The maximum atomic E-state index is 6.42. The maximum absolute atomic E-state index is 6.42. The second-order valence-corrected chi connectivity index (χ2v) is 9.29. The Hall–Kier alpha value is -3.67. The van der Waals surface area contributed by atoms with E-state index in [9.17, 15) is 0 Å². The zero-order valence-corrected chi connectivity index (χ0v) is 20.9. The highest BCUT2D eigenvalue weighted by molar-refractivity contribution is 5.91. The number of fused-ring (bicyclic) bond motifs is 1. The zero-order valence-electron chi connectivity index (χ0n) is 20.9. The number of hydrogen-bond donors (Lipinski definition) is 1. The summed E-state index contributed by atoms with van der Waals surface area (Å²) in [6.07, 6.45) is 3.73. The number of rotatable bonds is 6. The molecule has 0 radical (unpaired) electrons. The summed E-state index contributed by atoms with van der Waals surface area (Å²) in [5.74, 6) is 0.807. The molecule has 2 aromatic carbocycles. The minimum absolute atomic E-state index is 0.302. The average Bonchev–Trinajstić information content (AvgIpc) is 2.90. The van der Waals surface area contributed by atoms with Crippen LogP contribution in [0.15, 0.2) is 67.0 Å². The van der Waals surface area contributed by atoms with E-state index in [0.717, 1.165) is 49.1 Å². The maximum Gasteiger partial charge on any atom is 0.165 e. The Balaban J connectivity index is 1.59. The van der Waals surface area contributed by atoms with Gasteiger partial charge < -0.3 is 15.5 Å². The average molecular weight is 467 g/mol. The molecular formula is C29H34N6. The predicted molar refractivity (Wildman–Crippen MR) is 146 cm³/mol. The third-order valence-electron chi connectivity index (χ3n) is 7.43. The van der Waals surface area contributed by atoms with Crippen LogP contribution in [0, 0.1) is 0 Å². The van der Waals surface area contributed by atoms with E-state index in [0.29, 0.717) is 23.4 Å². The predicted octanol–water partition coefficient (Wildman–Crippen LogP) is 5.89. The number of nitrogen functional groups attached to an aromatic ring is 1. The summed E-state index contributed by atoms with van der Waals surface area (Å²) < 4.78 is 0. The summed E-state index contributed by atoms with van der Waals surface area (Å²) in [5.41, 5.74) is 12.8. The highest BCUT2D eigenvalue weighted by Crippen LogP contribution is 2.40. The van der Waals surface area contributed by atoms with Gasteiger partial charge in [-0.15, -0.1) is 0 Å². The number of aromatic nitrogens is 3. The van der Waals surface area contributed by atoms with Gasteiger partial charge in [0.15, 0.2) is 5.65 Å². The van der Waals surface area contributed by atoms with E-state index in [4.69, 9.17) is 10.7 Å². The van der Waals surface area contributed by atoms with Crippen molar-refractivity contribution in [2.75, 3.05) is 35.2 Å². The number of nitrogens with two attached hydrogens (primary N) is 1.